The van der Waals surface area contributed by atoms with Gasteiger partial charge in [0.1, 0.15) is 11.6 Å². The molecular formula is C26H24N6O3. The molecule has 0 bridgehead atoms. The summed E-state index contributed by atoms with van der Waals surface area (Å²) in [7, 11) is 1.57. The maximum absolute atomic E-state index is 12.6. The summed E-state index contributed by atoms with van der Waals surface area (Å²) in [4.78, 5) is 28.7. The van der Waals surface area contributed by atoms with Crippen molar-refractivity contribution in [3.05, 3.63) is 79.0 Å². The Labute approximate surface area is 201 Å². The lowest BCUT2D eigenvalue weighted by Crippen LogP contribution is -2.25. The van der Waals surface area contributed by atoms with E-state index < -0.39 is 0 Å². The molecule has 3 heterocycles. The van der Waals surface area contributed by atoms with Crippen LogP contribution in [0.25, 0.3) is 33.5 Å². The van der Waals surface area contributed by atoms with Crippen molar-refractivity contribution in [1.29, 1.82) is 0 Å². The number of aryl methyl sites for hydroxylation is 1. The number of hydrogen-bond donors (Lipinski definition) is 3. The Morgan fingerprint density at radius 1 is 1.14 bits per heavy atom. The molecule has 5 rings (SSSR count). The van der Waals surface area contributed by atoms with Gasteiger partial charge in [-0.2, -0.15) is 0 Å². The van der Waals surface area contributed by atoms with E-state index >= 15 is 0 Å². The SMILES string of the molecule is COc1ncccc1-c1ccc(O)c(-c2nc3ccc(C(=O)NCCCn4ccnc4)cc3[nH]2)c1. The second-order valence-electron chi connectivity index (χ2n) is 8.02. The number of imidazole rings is 2. The molecule has 176 valence electrons. The summed E-state index contributed by atoms with van der Waals surface area (Å²) in [5, 5.41) is 13.5. The zero-order chi connectivity index (χ0) is 24.2. The van der Waals surface area contributed by atoms with Crippen LogP contribution in [0.2, 0.25) is 0 Å². The van der Waals surface area contributed by atoms with Gasteiger partial charge in [0, 0.05) is 42.8 Å². The molecule has 0 aliphatic heterocycles. The molecule has 0 unspecified atom stereocenters. The van der Waals surface area contributed by atoms with E-state index in [2.05, 4.69) is 25.3 Å². The Kier molecular flexibility index (Phi) is 6.13. The lowest BCUT2D eigenvalue weighted by atomic mass is 10.0. The Morgan fingerprint density at radius 3 is 2.89 bits per heavy atom. The summed E-state index contributed by atoms with van der Waals surface area (Å²) < 4.78 is 7.35. The number of benzene rings is 2. The van der Waals surface area contributed by atoms with Crippen LogP contribution in [0.15, 0.2) is 73.4 Å². The highest BCUT2D eigenvalue weighted by Gasteiger charge is 2.15. The maximum Gasteiger partial charge on any atom is 0.251 e. The highest BCUT2D eigenvalue weighted by Crippen LogP contribution is 2.35. The van der Waals surface area contributed by atoms with E-state index in [9.17, 15) is 9.90 Å². The van der Waals surface area contributed by atoms with E-state index in [1.807, 2.05) is 29.0 Å². The molecule has 0 saturated heterocycles. The number of aromatic nitrogens is 5. The van der Waals surface area contributed by atoms with Crippen molar-refractivity contribution >= 4 is 16.9 Å². The second kappa shape index (κ2) is 9.68. The number of phenols is 1. The van der Waals surface area contributed by atoms with Crippen LogP contribution in [-0.4, -0.2) is 49.2 Å². The number of carbonyl (C=O) groups is 1. The minimum absolute atomic E-state index is 0.0894. The maximum atomic E-state index is 12.6. The molecule has 9 nitrogen and oxygen atoms in total. The molecule has 0 aliphatic carbocycles. The number of rotatable bonds is 8. The van der Waals surface area contributed by atoms with Gasteiger partial charge in [0.15, 0.2) is 0 Å². The highest BCUT2D eigenvalue weighted by atomic mass is 16.5. The summed E-state index contributed by atoms with van der Waals surface area (Å²) >= 11 is 0. The first-order chi connectivity index (χ1) is 17.1. The quantitative estimate of drug-likeness (QED) is 0.296. The third-order valence-electron chi connectivity index (χ3n) is 5.71. The van der Waals surface area contributed by atoms with Crippen molar-refractivity contribution in [2.75, 3.05) is 13.7 Å². The summed E-state index contributed by atoms with van der Waals surface area (Å²) in [5.74, 6) is 0.934. The standard InChI is InChI=1S/C26H24N6O3/c1-35-26-19(4-2-9-29-26)17-6-8-23(33)20(14-17)24-30-21-7-5-18(15-22(21)31-24)25(34)28-10-3-12-32-13-11-27-16-32/h2,4-9,11,13-16,33H,3,10,12H2,1H3,(H,28,34)(H,30,31). The van der Waals surface area contributed by atoms with E-state index in [1.165, 1.54) is 0 Å². The van der Waals surface area contributed by atoms with Gasteiger partial charge >= 0.3 is 0 Å². The van der Waals surface area contributed by atoms with E-state index in [4.69, 9.17) is 4.74 Å². The summed E-state index contributed by atoms with van der Waals surface area (Å²) in [6, 6.07) is 14.3. The van der Waals surface area contributed by atoms with Gasteiger partial charge in [-0.05, 0) is 54.4 Å². The fourth-order valence-electron chi connectivity index (χ4n) is 3.93. The Morgan fingerprint density at radius 2 is 2.06 bits per heavy atom. The van der Waals surface area contributed by atoms with Crippen LogP contribution < -0.4 is 10.1 Å². The van der Waals surface area contributed by atoms with Crippen LogP contribution >= 0.6 is 0 Å². The van der Waals surface area contributed by atoms with Crippen LogP contribution in [0.4, 0.5) is 0 Å². The molecule has 0 fully saturated rings. The van der Waals surface area contributed by atoms with Gasteiger partial charge in [-0.15, -0.1) is 0 Å². The molecule has 9 heteroatoms. The molecule has 0 saturated carbocycles. The zero-order valence-corrected chi connectivity index (χ0v) is 19.1. The van der Waals surface area contributed by atoms with Gasteiger partial charge in [0.2, 0.25) is 5.88 Å². The summed E-state index contributed by atoms with van der Waals surface area (Å²) in [6.07, 6.45) is 7.85. The minimum Gasteiger partial charge on any atom is -0.507 e. The van der Waals surface area contributed by atoms with Gasteiger partial charge in [-0.25, -0.2) is 15.0 Å². The number of phenolic OH excluding ortho intramolecular Hbond substituents is 1. The Hall–Kier alpha value is -4.66. The summed E-state index contributed by atoms with van der Waals surface area (Å²) in [5.41, 5.74) is 4.11. The molecule has 0 radical (unpaired) electrons. The number of aromatic amines is 1. The second-order valence-corrected chi connectivity index (χ2v) is 8.02. The number of pyridine rings is 1. The van der Waals surface area contributed by atoms with Gasteiger partial charge < -0.3 is 24.7 Å². The average Bonchev–Trinajstić information content (AvgIpc) is 3.56. The summed E-state index contributed by atoms with van der Waals surface area (Å²) in [6.45, 7) is 1.35. The Bertz CT molecular complexity index is 1480. The molecule has 0 atom stereocenters. The molecular weight excluding hydrogens is 444 g/mol. The number of nitrogens with zero attached hydrogens (tertiary/aromatic N) is 4. The monoisotopic (exact) mass is 468 g/mol. The van der Waals surface area contributed by atoms with Crippen LogP contribution in [0.1, 0.15) is 16.8 Å². The van der Waals surface area contributed by atoms with E-state index in [0.717, 1.165) is 24.1 Å². The minimum atomic E-state index is -0.151. The van der Waals surface area contributed by atoms with E-state index in [0.29, 0.717) is 40.4 Å². The normalized spacial score (nSPS) is 11.0. The van der Waals surface area contributed by atoms with Crippen LogP contribution in [0.3, 0.4) is 0 Å². The highest BCUT2D eigenvalue weighted by molar-refractivity contribution is 5.97. The van der Waals surface area contributed by atoms with Crippen molar-refractivity contribution < 1.29 is 14.6 Å². The smallest absolute Gasteiger partial charge is 0.251 e. The fourth-order valence-corrected chi connectivity index (χ4v) is 3.93. The largest absolute Gasteiger partial charge is 0.507 e. The molecule has 5 aromatic rings. The number of methoxy groups -OCH3 is 1. The average molecular weight is 469 g/mol. The third-order valence-corrected chi connectivity index (χ3v) is 5.71. The predicted molar refractivity (Wildman–Crippen MR) is 132 cm³/mol. The molecule has 1 amide bonds. The van der Waals surface area contributed by atoms with Crippen molar-refractivity contribution in [2.24, 2.45) is 0 Å². The van der Waals surface area contributed by atoms with Crippen LogP contribution in [0.5, 0.6) is 11.6 Å². The first-order valence-corrected chi connectivity index (χ1v) is 11.2. The first kappa shape index (κ1) is 22.1. The van der Waals surface area contributed by atoms with Gasteiger partial charge in [0.25, 0.3) is 5.91 Å². The Balaban J connectivity index is 1.36. The lowest BCUT2D eigenvalue weighted by molar-refractivity contribution is 0.0953. The predicted octanol–water partition coefficient (Wildman–Crippen LogP) is 4.02. The molecule has 0 aliphatic rings. The van der Waals surface area contributed by atoms with Crippen molar-refractivity contribution in [1.82, 2.24) is 29.8 Å². The molecule has 2 aromatic carbocycles. The molecule has 0 spiro atoms. The number of ether oxygens (including phenoxy) is 1. The van der Waals surface area contributed by atoms with Gasteiger partial charge in [-0.3, -0.25) is 4.79 Å². The number of H-pyrrole nitrogens is 1. The van der Waals surface area contributed by atoms with Crippen molar-refractivity contribution in [3.8, 4) is 34.1 Å². The molecule has 35 heavy (non-hydrogen) atoms. The van der Waals surface area contributed by atoms with Crippen LogP contribution in [-0.2, 0) is 6.54 Å². The fraction of sp³-hybridized carbons (Fsp3) is 0.154. The van der Waals surface area contributed by atoms with Gasteiger partial charge in [0.05, 0.1) is 30.0 Å². The molecule has 3 aromatic heterocycles. The van der Waals surface area contributed by atoms with Gasteiger partial charge in [-0.1, -0.05) is 6.07 Å². The third kappa shape index (κ3) is 4.70. The van der Waals surface area contributed by atoms with Crippen LogP contribution in [0, 0.1) is 0 Å². The van der Waals surface area contributed by atoms with Crippen molar-refractivity contribution in [3.63, 3.8) is 0 Å². The number of amides is 1. The number of aromatic hydroxyl groups is 1. The number of nitrogens with one attached hydrogen (secondary N) is 2. The lowest BCUT2D eigenvalue weighted by Gasteiger charge is -2.09. The number of fused-ring (bicyclic) bond motifs is 1. The number of carbonyl (C=O) groups excluding carboxylic acids is 1. The zero-order valence-electron chi connectivity index (χ0n) is 19.1. The first-order valence-electron chi connectivity index (χ1n) is 11.2. The van der Waals surface area contributed by atoms with E-state index in [1.54, 1.807) is 56.2 Å². The molecule has 3 N–H and O–H groups in total. The number of hydrogen-bond acceptors (Lipinski definition) is 6. The topological polar surface area (TPSA) is 118 Å². The van der Waals surface area contributed by atoms with E-state index in [-0.39, 0.29) is 11.7 Å². The van der Waals surface area contributed by atoms with Crippen molar-refractivity contribution in [2.45, 2.75) is 13.0 Å².